The molecule has 1 fully saturated rings. The minimum Gasteiger partial charge on any atom is -0.399 e. The predicted molar refractivity (Wildman–Crippen MR) is 72.6 cm³/mol. The van der Waals surface area contributed by atoms with E-state index in [4.69, 9.17) is 11.6 Å². The van der Waals surface area contributed by atoms with Crippen molar-refractivity contribution in [3.8, 4) is 0 Å². The monoisotopic (exact) mass is 261 g/mol. The molecule has 0 aliphatic heterocycles. The SMILES string of the molecule is Nc1ccc(CSc2nnc(C3CC3)n2N)cc1. The number of nitrogens with zero attached hydrogens (tertiary/aromatic N) is 3. The molecule has 18 heavy (non-hydrogen) atoms. The van der Waals surface area contributed by atoms with Crippen LogP contribution in [0.3, 0.4) is 0 Å². The summed E-state index contributed by atoms with van der Waals surface area (Å²) in [5.41, 5.74) is 7.63. The lowest BCUT2D eigenvalue weighted by atomic mass is 10.2. The Morgan fingerprint density at radius 3 is 2.61 bits per heavy atom. The average Bonchev–Trinajstić information content (AvgIpc) is 3.14. The average molecular weight is 261 g/mol. The fourth-order valence-electron chi connectivity index (χ4n) is 1.77. The Balaban J connectivity index is 1.67. The van der Waals surface area contributed by atoms with Gasteiger partial charge < -0.3 is 11.6 Å². The third kappa shape index (κ3) is 2.28. The van der Waals surface area contributed by atoms with E-state index in [2.05, 4.69) is 10.2 Å². The summed E-state index contributed by atoms with van der Waals surface area (Å²) in [4.78, 5) is 0. The molecule has 1 aliphatic rings. The summed E-state index contributed by atoms with van der Waals surface area (Å²) < 4.78 is 1.62. The Kier molecular flexibility index (Phi) is 2.87. The molecule has 0 spiro atoms. The van der Waals surface area contributed by atoms with E-state index in [0.717, 1.165) is 22.4 Å². The molecule has 1 heterocycles. The molecule has 1 aliphatic carbocycles. The van der Waals surface area contributed by atoms with E-state index >= 15 is 0 Å². The van der Waals surface area contributed by atoms with Crippen LogP contribution in [0.4, 0.5) is 5.69 Å². The zero-order valence-electron chi connectivity index (χ0n) is 9.91. The second kappa shape index (κ2) is 4.53. The van der Waals surface area contributed by atoms with Crippen molar-refractivity contribution in [3.63, 3.8) is 0 Å². The van der Waals surface area contributed by atoms with Gasteiger partial charge in [-0.25, -0.2) is 4.68 Å². The van der Waals surface area contributed by atoms with Gasteiger partial charge in [0.05, 0.1) is 0 Å². The number of hydrogen-bond acceptors (Lipinski definition) is 5. The van der Waals surface area contributed by atoms with Gasteiger partial charge in [0.1, 0.15) is 0 Å². The number of aromatic nitrogens is 3. The van der Waals surface area contributed by atoms with Crippen LogP contribution < -0.4 is 11.6 Å². The standard InChI is InChI=1S/C12H15N5S/c13-10-5-1-8(2-6-10)7-18-12-16-15-11(17(12)14)9-3-4-9/h1-2,5-6,9H,3-4,7,13-14H2. The summed E-state index contributed by atoms with van der Waals surface area (Å²) in [5.74, 6) is 8.24. The molecule has 0 atom stereocenters. The molecule has 0 amide bonds. The van der Waals surface area contributed by atoms with Crippen molar-refractivity contribution in [1.29, 1.82) is 0 Å². The molecule has 0 radical (unpaired) electrons. The third-order valence-electron chi connectivity index (χ3n) is 2.98. The van der Waals surface area contributed by atoms with Gasteiger partial charge >= 0.3 is 0 Å². The molecule has 1 aromatic carbocycles. The zero-order valence-corrected chi connectivity index (χ0v) is 10.7. The highest BCUT2D eigenvalue weighted by Gasteiger charge is 2.29. The van der Waals surface area contributed by atoms with Gasteiger partial charge in [0.25, 0.3) is 0 Å². The second-order valence-corrected chi connectivity index (χ2v) is 5.46. The Hall–Kier alpha value is -1.69. The first-order valence-corrected chi connectivity index (χ1v) is 6.90. The molecule has 94 valence electrons. The minimum absolute atomic E-state index is 0.522. The molecule has 1 saturated carbocycles. The van der Waals surface area contributed by atoms with E-state index in [1.54, 1.807) is 16.4 Å². The molecule has 2 aromatic rings. The molecular formula is C12H15N5S. The van der Waals surface area contributed by atoms with E-state index in [-0.39, 0.29) is 0 Å². The van der Waals surface area contributed by atoms with Crippen molar-refractivity contribution in [3.05, 3.63) is 35.7 Å². The minimum atomic E-state index is 0.522. The van der Waals surface area contributed by atoms with Crippen LogP contribution in [0.2, 0.25) is 0 Å². The van der Waals surface area contributed by atoms with Gasteiger partial charge in [-0.2, -0.15) is 0 Å². The van der Waals surface area contributed by atoms with E-state index in [9.17, 15) is 0 Å². The highest BCUT2D eigenvalue weighted by molar-refractivity contribution is 7.98. The highest BCUT2D eigenvalue weighted by atomic mass is 32.2. The van der Waals surface area contributed by atoms with Crippen molar-refractivity contribution in [2.45, 2.75) is 29.7 Å². The largest absolute Gasteiger partial charge is 0.399 e. The van der Waals surface area contributed by atoms with Crippen molar-refractivity contribution in [1.82, 2.24) is 14.9 Å². The number of nitrogens with two attached hydrogens (primary N) is 2. The van der Waals surface area contributed by atoms with Crippen LogP contribution in [0, 0.1) is 0 Å². The number of rotatable bonds is 4. The maximum Gasteiger partial charge on any atom is 0.210 e. The summed E-state index contributed by atoms with van der Waals surface area (Å²) in [7, 11) is 0. The molecule has 1 aromatic heterocycles. The van der Waals surface area contributed by atoms with E-state index in [1.165, 1.54) is 18.4 Å². The number of benzene rings is 1. The van der Waals surface area contributed by atoms with Crippen molar-refractivity contribution in [2.24, 2.45) is 0 Å². The maximum atomic E-state index is 5.98. The normalized spacial score (nSPS) is 14.9. The number of thioether (sulfide) groups is 1. The van der Waals surface area contributed by atoms with Crippen molar-refractivity contribution < 1.29 is 0 Å². The summed E-state index contributed by atoms with van der Waals surface area (Å²) >= 11 is 1.60. The van der Waals surface area contributed by atoms with E-state index in [1.807, 2.05) is 24.3 Å². The van der Waals surface area contributed by atoms with Gasteiger partial charge in [-0.1, -0.05) is 23.9 Å². The molecule has 3 rings (SSSR count). The van der Waals surface area contributed by atoms with E-state index in [0.29, 0.717) is 5.92 Å². The third-order valence-corrected chi connectivity index (χ3v) is 4.00. The number of nitrogen functional groups attached to an aromatic ring is 2. The van der Waals surface area contributed by atoms with Gasteiger partial charge in [0.15, 0.2) is 5.82 Å². The lowest BCUT2D eigenvalue weighted by molar-refractivity contribution is 0.790. The highest BCUT2D eigenvalue weighted by Crippen LogP contribution is 2.39. The Morgan fingerprint density at radius 2 is 1.94 bits per heavy atom. The van der Waals surface area contributed by atoms with Gasteiger partial charge in [-0.05, 0) is 30.5 Å². The van der Waals surface area contributed by atoms with Crippen LogP contribution in [0.15, 0.2) is 29.4 Å². The summed E-state index contributed by atoms with van der Waals surface area (Å²) in [5, 5.41) is 9.06. The molecule has 6 heteroatoms. The van der Waals surface area contributed by atoms with Crippen molar-refractivity contribution in [2.75, 3.05) is 11.6 Å². The molecular weight excluding hydrogens is 246 g/mol. The quantitative estimate of drug-likeness (QED) is 0.497. The van der Waals surface area contributed by atoms with Crippen LogP contribution in [-0.2, 0) is 5.75 Å². The first-order chi connectivity index (χ1) is 8.74. The Bertz CT molecular complexity index is 544. The summed E-state index contributed by atoms with van der Waals surface area (Å²) in [6.45, 7) is 0. The van der Waals surface area contributed by atoms with Crippen molar-refractivity contribution >= 4 is 17.4 Å². The van der Waals surface area contributed by atoms with Gasteiger partial charge in [0.2, 0.25) is 5.16 Å². The smallest absolute Gasteiger partial charge is 0.210 e. The van der Waals surface area contributed by atoms with Crippen LogP contribution >= 0.6 is 11.8 Å². The maximum absolute atomic E-state index is 5.98. The summed E-state index contributed by atoms with van der Waals surface area (Å²) in [6, 6.07) is 7.83. The second-order valence-electron chi connectivity index (χ2n) is 4.52. The fraction of sp³-hybridized carbons (Fsp3) is 0.333. The topological polar surface area (TPSA) is 82.8 Å². The van der Waals surface area contributed by atoms with Crippen LogP contribution in [0.5, 0.6) is 0 Å². The predicted octanol–water partition coefficient (Wildman–Crippen LogP) is 1.74. The lowest BCUT2D eigenvalue weighted by Crippen LogP contribution is -2.13. The van der Waals surface area contributed by atoms with Gasteiger partial charge in [0, 0.05) is 17.4 Å². The van der Waals surface area contributed by atoms with E-state index < -0.39 is 0 Å². The Labute approximate surface area is 110 Å². The molecule has 5 nitrogen and oxygen atoms in total. The summed E-state index contributed by atoms with van der Waals surface area (Å²) in [6.07, 6.45) is 2.36. The van der Waals surface area contributed by atoms with Crippen LogP contribution in [0.1, 0.15) is 30.1 Å². The molecule has 0 unspecified atom stereocenters. The fourth-order valence-corrected chi connectivity index (χ4v) is 2.59. The molecule has 4 N–H and O–H groups in total. The van der Waals surface area contributed by atoms with Crippen LogP contribution in [0.25, 0.3) is 0 Å². The zero-order chi connectivity index (χ0) is 12.5. The first-order valence-electron chi connectivity index (χ1n) is 5.91. The molecule has 0 saturated heterocycles. The van der Waals surface area contributed by atoms with Gasteiger partial charge in [-0.15, -0.1) is 10.2 Å². The van der Waals surface area contributed by atoms with Crippen LogP contribution in [-0.4, -0.2) is 14.9 Å². The number of hydrogen-bond donors (Lipinski definition) is 2. The first kappa shape index (κ1) is 11.4. The van der Waals surface area contributed by atoms with Gasteiger partial charge in [-0.3, -0.25) is 0 Å². The number of anilines is 1. The Morgan fingerprint density at radius 1 is 1.22 bits per heavy atom. The molecule has 0 bridgehead atoms. The lowest BCUT2D eigenvalue weighted by Gasteiger charge is -2.03.